The van der Waals surface area contributed by atoms with Gasteiger partial charge in [0.15, 0.2) is 0 Å². The Morgan fingerprint density at radius 3 is 2.28 bits per heavy atom. The van der Waals surface area contributed by atoms with Gasteiger partial charge in [-0.1, -0.05) is 62.2 Å². The summed E-state index contributed by atoms with van der Waals surface area (Å²) in [4.78, 5) is 5.10. The van der Waals surface area contributed by atoms with Crippen LogP contribution in [0, 0.1) is 0 Å². The van der Waals surface area contributed by atoms with Crippen LogP contribution in [0.1, 0.15) is 26.2 Å². The molecule has 0 bridgehead atoms. The van der Waals surface area contributed by atoms with E-state index in [-0.39, 0.29) is 0 Å². The zero-order valence-electron chi connectivity index (χ0n) is 19.0. The molecule has 1 unspecified atom stereocenters. The second kappa shape index (κ2) is 11.6. The minimum Gasteiger partial charge on any atom is -0.491 e. The van der Waals surface area contributed by atoms with E-state index in [9.17, 15) is 0 Å². The standard InChI is InChI=1S/C28H34N2O2/c1-2-3-10-18-29-19-20-30(24-12-6-4-7-13-24)25(22-29)23-31-27-16-11-17-28(21-27)32-26-14-8-5-9-15-26/h4-9,11-17,21,25H,2-3,10,18-20,22-23H2,1H3. The zero-order valence-corrected chi connectivity index (χ0v) is 19.0. The van der Waals surface area contributed by atoms with Crippen molar-refractivity contribution >= 4 is 5.69 Å². The fourth-order valence-corrected chi connectivity index (χ4v) is 4.25. The Bertz CT molecular complexity index is 932. The van der Waals surface area contributed by atoms with Gasteiger partial charge in [0.25, 0.3) is 0 Å². The molecule has 32 heavy (non-hydrogen) atoms. The molecule has 4 rings (SSSR count). The lowest BCUT2D eigenvalue weighted by Crippen LogP contribution is -2.55. The van der Waals surface area contributed by atoms with Gasteiger partial charge in [-0.2, -0.15) is 0 Å². The molecule has 1 heterocycles. The maximum atomic E-state index is 6.30. The molecule has 4 nitrogen and oxygen atoms in total. The van der Waals surface area contributed by atoms with Crippen molar-refractivity contribution in [1.82, 2.24) is 4.90 Å². The second-order valence-electron chi connectivity index (χ2n) is 8.39. The van der Waals surface area contributed by atoms with Crippen molar-refractivity contribution in [3.63, 3.8) is 0 Å². The van der Waals surface area contributed by atoms with Crippen molar-refractivity contribution < 1.29 is 9.47 Å². The number of rotatable bonds is 10. The predicted octanol–water partition coefficient (Wildman–Crippen LogP) is 6.24. The van der Waals surface area contributed by atoms with Gasteiger partial charge in [0.2, 0.25) is 0 Å². The van der Waals surface area contributed by atoms with E-state index >= 15 is 0 Å². The van der Waals surface area contributed by atoms with Gasteiger partial charge in [-0.05, 0) is 49.4 Å². The first kappa shape index (κ1) is 22.2. The Kier molecular flexibility index (Phi) is 8.05. The molecule has 168 valence electrons. The average molecular weight is 431 g/mol. The summed E-state index contributed by atoms with van der Waals surface area (Å²) in [6, 6.07) is 28.8. The van der Waals surface area contributed by atoms with Gasteiger partial charge in [-0.25, -0.2) is 0 Å². The van der Waals surface area contributed by atoms with Crippen molar-refractivity contribution in [3.8, 4) is 17.2 Å². The Balaban J connectivity index is 1.41. The van der Waals surface area contributed by atoms with Crippen molar-refractivity contribution in [2.24, 2.45) is 0 Å². The molecule has 1 atom stereocenters. The van der Waals surface area contributed by atoms with E-state index in [0.717, 1.165) is 36.9 Å². The highest BCUT2D eigenvalue weighted by Gasteiger charge is 2.27. The molecule has 1 fully saturated rings. The number of anilines is 1. The van der Waals surface area contributed by atoms with Crippen molar-refractivity contribution in [2.75, 3.05) is 37.7 Å². The minimum atomic E-state index is 0.312. The van der Waals surface area contributed by atoms with E-state index in [1.165, 1.54) is 31.5 Å². The van der Waals surface area contributed by atoms with Crippen LogP contribution in [0.15, 0.2) is 84.9 Å². The molecule has 0 spiro atoms. The van der Waals surface area contributed by atoms with E-state index in [1.54, 1.807) is 0 Å². The van der Waals surface area contributed by atoms with Gasteiger partial charge in [-0.15, -0.1) is 0 Å². The lowest BCUT2D eigenvalue weighted by Gasteiger charge is -2.42. The van der Waals surface area contributed by atoms with Crippen LogP contribution in [0.25, 0.3) is 0 Å². The largest absolute Gasteiger partial charge is 0.491 e. The summed E-state index contributed by atoms with van der Waals surface area (Å²) in [6.45, 7) is 7.25. The molecule has 0 aromatic heterocycles. The SMILES string of the molecule is CCCCCN1CCN(c2ccccc2)C(COc2cccc(Oc3ccccc3)c2)C1. The lowest BCUT2D eigenvalue weighted by molar-refractivity contribution is 0.177. The smallest absolute Gasteiger partial charge is 0.131 e. The van der Waals surface area contributed by atoms with Crippen LogP contribution in [0.3, 0.4) is 0 Å². The van der Waals surface area contributed by atoms with E-state index in [1.807, 2.05) is 54.6 Å². The highest BCUT2D eigenvalue weighted by molar-refractivity contribution is 5.48. The molecule has 0 radical (unpaired) electrons. The third-order valence-electron chi connectivity index (χ3n) is 5.96. The van der Waals surface area contributed by atoms with Crippen molar-refractivity contribution in [2.45, 2.75) is 32.2 Å². The molecular formula is C28H34N2O2. The van der Waals surface area contributed by atoms with Crippen LogP contribution in [-0.2, 0) is 0 Å². The molecule has 0 aliphatic carbocycles. The molecule has 1 saturated heterocycles. The van der Waals surface area contributed by atoms with E-state index in [4.69, 9.17) is 9.47 Å². The maximum absolute atomic E-state index is 6.30. The quantitative estimate of drug-likeness (QED) is 0.356. The normalized spacial score (nSPS) is 16.7. The number of ether oxygens (including phenoxy) is 2. The highest BCUT2D eigenvalue weighted by Crippen LogP contribution is 2.26. The minimum absolute atomic E-state index is 0.312. The first-order chi connectivity index (χ1) is 15.8. The number of para-hydroxylation sites is 2. The molecule has 0 saturated carbocycles. The summed E-state index contributed by atoms with van der Waals surface area (Å²) in [5.41, 5.74) is 1.27. The number of hydrogen-bond acceptors (Lipinski definition) is 4. The van der Waals surface area contributed by atoms with Crippen LogP contribution < -0.4 is 14.4 Å². The second-order valence-corrected chi connectivity index (χ2v) is 8.39. The van der Waals surface area contributed by atoms with Crippen LogP contribution >= 0.6 is 0 Å². The number of hydrogen-bond donors (Lipinski definition) is 0. The first-order valence-electron chi connectivity index (χ1n) is 11.8. The molecule has 0 N–H and O–H groups in total. The van der Waals surface area contributed by atoms with Crippen LogP contribution in [-0.4, -0.2) is 43.7 Å². The zero-order chi connectivity index (χ0) is 22.0. The number of piperazine rings is 1. The van der Waals surface area contributed by atoms with E-state index in [2.05, 4.69) is 47.1 Å². The fraction of sp³-hybridized carbons (Fsp3) is 0.357. The molecule has 3 aromatic carbocycles. The molecular weight excluding hydrogens is 396 g/mol. The average Bonchev–Trinajstić information content (AvgIpc) is 2.84. The van der Waals surface area contributed by atoms with Gasteiger partial charge >= 0.3 is 0 Å². The number of nitrogens with zero attached hydrogens (tertiary/aromatic N) is 2. The lowest BCUT2D eigenvalue weighted by atomic mass is 10.1. The van der Waals surface area contributed by atoms with E-state index in [0.29, 0.717) is 12.6 Å². The van der Waals surface area contributed by atoms with Crippen LogP contribution in [0.4, 0.5) is 5.69 Å². The van der Waals surface area contributed by atoms with E-state index < -0.39 is 0 Å². The number of benzene rings is 3. The molecule has 4 heteroatoms. The molecule has 1 aliphatic heterocycles. The Morgan fingerprint density at radius 1 is 0.781 bits per heavy atom. The van der Waals surface area contributed by atoms with Gasteiger partial charge in [0.05, 0.1) is 6.04 Å². The summed E-state index contributed by atoms with van der Waals surface area (Å²) < 4.78 is 12.3. The topological polar surface area (TPSA) is 24.9 Å². The van der Waals surface area contributed by atoms with Crippen LogP contribution in [0.5, 0.6) is 17.2 Å². The predicted molar refractivity (Wildman–Crippen MR) is 132 cm³/mol. The molecule has 3 aromatic rings. The monoisotopic (exact) mass is 430 g/mol. The summed E-state index contributed by atoms with van der Waals surface area (Å²) in [7, 11) is 0. The highest BCUT2D eigenvalue weighted by atomic mass is 16.5. The Labute approximate surface area is 192 Å². The Hall–Kier alpha value is -2.98. The van der Waals surface area contributed by atoms with Crippen LogP contribution in [0.2, 0.25) is 0 Å². The van der Waals surface area contributed by atoms with Crippen molar-refractivity contribution in [3.05, 3.63) is 84.9 Å². The van der Waals surface area contributed by atoms with Gasteiger partial charge in [0.1, 0.15) is 23.9 Å². The van der Waals surface area contributed by atoms with Gasteiger partial charge in [0, 0.05) is 31.4 Å². The maximum Gasteiger partial charge on any atom is 0.131 e. The van der Waals surface area contributed by atoms with Gasteiger partial charge in [-0.3, -0.25) is 4.90 Å². The molecule has 0 amide bonds. The fourth-order valence-electron chi connectivity index (χ4n) is 4.25. The third kappa shape index (κ3) is 6.27. The summed E-state index contributed by atoms with van der Waals surface area (Å²) >= 11 is 0. The summed E-state index contributed by atoms with van der Waals surface area (Å²) in [5, 5.41) is 0. The summed E-state index contributed by atoms with van der Waals surface area (Å²) in [6.07, 6.45) is 3.83. The van der Waals surface area contributed by atoms with Gasteiger partial charge < -0.3 is 14.4 Å². The summed E-state index contributed by atoms with van der Waals surface area (Å²) in [5.74, 6) is 2.46. The first-order valence-corrected chi connectivity index (χ1v) is 11.8. The van der Waals surface area contributed by atoms with Crippen molar-refractivity contribution in [1.29, 1.82) is 0 Å². The number of unbranched alkanes of at least 4 members (excludes halogenated alkanes) is 2. The Morgan fingerprint density at radius 2 is 1.50 bits per heavy atom. The molecule has 1 aliphatic rings. The third-order valence-corrected chi connectivity index (χ3v) is 5.96.